The van der Waals surface area contributed by atoms with Crippen LogP contribution >= 0.6 is 22.9 Å². The maximum atomic E-state index is 6.08. The SMILES string of the molecule is COc1cc(Cl)c2scc(C)c2c1. The van der Waals surface area contributed by atoms with Gasteiger partial charge < -0.3 is 4.74 Å². The lowest BCUT2D eigenvalue weighted by Gasteiger charge is -2.01. The summed E-state index contributed by atoms with van der Waals surface area (Å²) in [5.41, 5.74) is 1.25. The van der Waals surface area contributed by atoms with Crippen LogP contribution in [-0.4, -0.2) is 7.11 Å². The molecule has 1 nitrogen and oxygen atoms in total. The monoisotopic (exact) mass is 212 g/mol. The van der Waals surface area contributed by atoms with Crippen LogP contribution in [-0.2, 0) is 0 Å². The maximum absolute atomic E-state index is 6.08. The van der Waals surface area contributed by atoms with E-state index in [0.29, 0.717) is 0 Å². The molecule has 0 N–H and O–H groups in total. The molecule has 0 atom stereocenters. The smallest absolute Gasteiger partial charge is 0.121 e. The Hall–Kier alpha value is -0.730. The minimum Gasteiger partial charge on any atom is -0.497 e. The summed E-state index contributed by atoms with van der Waals surface area (Å²) >= 11 is 7.76. The van der Waals surface area contributed by atoms with Gasteiger partial charge in [0.15, 0.2) is 0 Å². The fraction of sp³-hybridized carbons (Fsp3) is 0.200. The van der Waals surface area contributed by atoms with E-state index in [4.69, 9.17) is 16.3 Å². The first-order chi connectivity index (χ1) is 6.22. The fourth-order valence-electron chi connectivity index (χ4n) is 1.31. The number of aryl methyl sites for hydroxylation is 1. The third-order valence-electron chi connectivity index (χ3n) is 2.03. The Kier molecular flexibility index (Phi) is 2.18. The van der Waals surface area contributed by atoms with E-state index in [1.54, 1.807) is 18.4 Å². The van der Waals surface area contributed by atoms with Crippen molar-refractivity contribution in [2.45, 2.75) is 6.92 Å². The number of rotatable bonds is 1. The van der Waals surface area contributed by atoms with Gasteiger partial charge >= 0.3 is 0 Å². The molecule has 1 heterocycles. The summed E-state index contributed by atoms with van der Waals surface area (Å²) < 4.78 is 6.29. The van der Waals surface area contributed by atoms with Crippen molar-refractivity contribution in [2.24, 2.45) is 0 Å². The predicted octanol–water partition coefficient (Wildman–Crippen LogP) is 3.87. The number of hydrogen-bond acceptors (Lipinski definition) is 2. The molecule has 0 fully saturated rings. The molecule has 0 aliphatic heterocycles. The van der Waals surface area contributed by atoms with Crippen molar-refractivity contribution >= 4 is 33.0 Å². The Morgan fingerprint density at radius 2 is 2.15 bits per heavy atom. The van der Waals surface area contributed by atoms with Crippen LogP contribution in [0.1, 0.15) is 5.56 Å². The van der Waals surface area contributed by atoms with E-state index >= 15 is 0 Å². The van der Waals surface area contributed by atoms with Gasteiger partial charge in [0.05, 0.1) is 16.8 Å². The molecule has 3 heteroatoms. The average molecular weight is 213 g/mol. The van der Waals surface area contributed by atoms with Crippen LogP contribution in [0, 0.1) is 6.92 Å². The second-order valence-corrected chi connectivity index (χ2v) is 4.19. The number of benzene rings is 1. The van der Waals surface area contributed by atoms with Gasteiger partial charge in [-0.1, -0.05) is 11.6 Å². The molecule has 0 saturated carbocycles. The second-order valence-electron chi connectivity index (χ2n) is 2.90. The number of methoxy groups -OCH3 is 1. The average Bonchev–Trinajstić information content (AvgIpc) is 2.48. The first kappa shape index (κ1) is 8.85. The summed E-state index contributed by atoms with van der Waals surface area (Å²) in [5, 5.41) is 4.07. The molecule has 1 aromatic carbocycles. The zero-order valence-corrected chi connectivity index (χ0v) is 9.00. The van der Waals surface area contributed by atoms with Gasteiger partial charge in [0.2, 0.25) is 0 Å². The van der Waals surface area contributed by atoms with Crippen molar-refractivity contribution in [3.8, 4) is 5.75 Å². The molecule has 0 radical (unpaired) electrons. The molecule has 2 rings (SSSR count). The summed E-state index contributed by atoms with van der Waals surface area (Å²) in [6.45, 7) is 2.08. The quantitative estimate of drug-likeness (QED) is 0.697. The highest BCUT2D eigenvalue weighted by Crippen LogP contribution is 2.35. The number of ether oxygens (including phenoxy) is 1. The van der Waals surface area contributed by atoms with Crippen LogP contribution in [0.5, 0.6) is 5.75 Å². The van der Waals surface area contributed by atoms with Gasteiger partial charge in [0, 0.05) is 11.5 Å². The van der Waals surface area contributed by atoms with E-state index < -0.39 is 0 Å². The van der Waals surface area contributed by atoms with Gasteiger partial charge in [-0.05, 0) is 23.9 Å². The van der Waals surface area contributed by atoms with Crippen LogP contribution in [0.25, 0.3) is 10.1 Å². The standard InChI is InChI=1S/C10H9ClOS/c1-6-5-13-10-8(6)3-7(12-2)4-9(10)11/h3-5H,1-2H3. The van der Waals surface area contributed by atoms with Gasteiger partial charge in [-0.15, -0.1) is 11.3 Å². The topological polar surface area (TPSA) is 9.23 Å². The molecular weight excluding hydrogens is 204 g/mol. The molecule has 0 bridgehead atoms. The summed E-state index contributed by atoms with van der Waals surface area (Å²) in [7, 11) is 1.65. The van der Waals surface area contributed by atoms with Gasteiger partial charge in [0.25, 0.3) is 0 Å². The number of thiophene rings is 1. The highest BCUT2D eigenvalue weighted by Gasteiger charge is 2.06. The Morgan fingerprint density at radius 1 is 1.38 bits per heavy atom. The highest BCUT2D eigenvalue weighted by atomic mass is 35.5. The zero-order valence-electron chi connectivity index (χ0n) is 7.43. The van der Waals surface area contributed by atoms with E-state index in [0.717, 1.165) is 15.5 Å². The first-order valence-corrected chi connectivity index (χ1v) is 5.19. The van der Waals surface area contributed by atoms with E-state index in [1.165, 1.54) is 10.9 Å². The van der Waals surface area contributed by atoms with Crippen molar-refractivity contribution in [3.63, 3.8) is 0 Å². The van der Waals surface area contributed by atoms with Gasteiger partial charge in [-0.25, -0.2) is 0 Å². The highest BCUT2D eigenvalue weighted by molar-refractivity contribution is 7.18. The normalized spacial score (nSPS) is 10.7. The molecule has 1 aromatic heterocycles. The molecule has 2 aromatic rings. The van der Waals surface area contributed by atoms with Gasteiger partial charge in [-0.3, -0.25) is 0 Å². The molecule has 68 valence electrons. The maximum Gasteiger partial charge on any atom is 0.121 e. The van der Waals surface area contributed by atoms with Gasteiger partial charge in [0.1, 0.15) is 5.75 Å². The lowest BCUT2D eigenvalue weighted by Crippen LogP contribution is -1.82. The van der Waals surface area contributed by atoms with E-state index in [9.17, 15) is 0 Å². The van der Waals surface area contributed by atoms with Crippen LogP contribution in [0.15, 0.2) is 17.5 Å². The summed E-state index contributed by atoms with van der Waals surface area (Å²) in [5.74, 6) is 0.819. The van der Waals surface area contributed by atoms with E-state index in [-0.39, 0.29) is 0 Å². The van der Waals surface area contributed by atoms with Crippen molar-refractivity contribution in [2.75, 3.05) is 7.11 Å². The molecular formula is C10H9ClOS. The van der Waals surface area contributed by atoms with Crippen molar-refractivity contribution < 1.29 is 4.74 Å². The largest absolute Gasteiger partial charge is 0.497 e. The summed E-state index contributed by atoms with van der Waals surface area (Å²) in [6.07, 6.45) is 0. The second kappa shape index (κ2) is 3.20. The number of halogens is 1. The Bertz CT molecular complexity index is 447. The third kappa shape index (κ3) is 1.40. The predicted molar refractivity (Wildman–Crippen MR) is 58.1 cm³/mol. The molecule has 0 unspecified atom stereocenters. The Morgan fingerprint density at radius 3 is 2.85 bits per heavy atom. The molecule has 13 heavy (non-hydrogen) atoms. The zero-order chi connectivity index (χ0) is 9.42. The van der Waals surface area contributed by atoms with Crippen LogP contribution in [0.2, 0.25) is 5.02 Å². The fourth-order valence-corrected chi connectivity index (χ4v) is 2.59. The first-order valence-electron chi connectivity index (χ1n) is 3.93. The lowest BCUT2D eigenvalue weighted by molar-refractivity contribution is 0.415. The molecule has 0 aliphatic carbocycles. The van der Waals surface area contributed by atoms with E-state index in [1.807, 2.05) is 12.1 Å². The minimum absolute atomic E-state index is 0.771. The van der Waals surface area contributed by atoms with E-state index in [2.05, 4.69) is 12.3 Å². The minimum atomic E-state index is 0.771. The van der Waals surface area contributed by atoms with Crippen molar-refractivity contribution in [3.05, 3.63) is 28.1 Å². The van der Waals surface area contributed by atoms with Crippen LogP contribution in [0.4, 0.5) is 0 Å². The van der Waals surface area contributed by atoms with Crippen LogP contribution in [0.3, 0.4) is 0 Å². The summed E-state index contributed by atoms with van der Waals surface area (Å²) in [6, 6.07) is 3.87. The number of hydrogen-bond donors (Lipinski definition) is 0. The Labute approximate surface area is 85.9 Å². The molecule has 0 amide bonds. The third-order valence-corrected chi connectivity index (χ3v) is 3.59. The molecule has 0 spiro atoms. The van der Waals surface area contributed by atoms with Crippen LogP contribution < -0.4 is 4.74 Å². The summed E-state index contributed by atoms with van der Waals surface area (Å²) in [4.78, 5) is 0. The molecule has 0 aliphatic rings. The van der Waals surface area contributed by atoms with Crippen molar-refractivity contribution in [1.82, 2.24) is 0 Å². The van der Waals surface area contributed by atoms with Gasteiger partial charge in [-0.2, -0.15) is 0 Å². The van der Waals surface area contributed by atoms with Crippen molar-refractivity contribution in [1.29, 1.82) is 0 Å². The Balaban J connectivity index is 2.80. The molecule has 0 saturated heterocycles. The lowest BCUT2D eigenvalue weighted by atomic mass is 10.2. The number of fused-ring (bicyclic) bond motifs is 1.